The van der Waals surface area contributed by atoms with E-state index in [1.54, 1.807) is 0 Å². The average Bonchev–Trinajstić information content (AvgIpc) is 4.25. The van der Waals surface area contributed by atoms with Gasteiger partial charge in [0.05, 0.1) is 35.5 Å². The molecule has 4 unspecified atom stereocenters. The fraction of sp³-hybridized carbons (Fsp3) is 0.618. The topological polar surface area (TPSA) is 120 Å². The van der Waals surface area contributed by atoms with Gasteiger partial charge in [-0.1, -0.05) is 0 Å². The van der Waals surface area contributed by atoms with Crippen molar-refractivity contribution >= 4 is 61.0 Å². The zero-order valence-electron chi connectivity index (χ0n) is 40.4. The highest BCUT2D eigenvalue weighted by atomic mass is 16.1. The summed E-state index contributed by atoms with van der Waals surface area (Å²) in [6, 6.07) is 8.67. The van der Waals surface area contributed by atoms with Gasteiger partial charge >= 0.3 is 0 Å². The van der Waals surface area contributed by atoms with Gasteiger partial charge in [-0.25, -0.2) is 19.9 Å². The summed E-state index contributed by atoms with van der Waals surface area (Å²) in [4.78, 5) is 57.6. The number of pyridine rings is 4. The monoisotopic (exact) mass is 919 g/mol. The molecule has 0 amide bonds. The molecule has 0 bridgehead atoms. The average molecular weight is 919 g/mol. The molecule has 12 rings (SSSR count). The summed E-state index contributed by atoms with van der Waals surface area (Å²) in [5.41, 5.74) is 6.30. The maximum atomic E-state index is 16.2. The lowest BCUT2D eigenvalue weighted by atomic mass is 9.81. The van der Waals surface area contributed by atoms with Crippen LogP contribution >= 0.6 is 0 Å². The third kappa shape index (κ3) is 9.25. The lowest BCUT2D eigenvalue weighted by Crippen LogP contribution is -2.57. The molecular formula is C55H74N12O. The number of rotatable bonds is 14. The van der Waals surface area contributed by atoms with Crippen LogP contribution in [0, 0.1) is 23.7 Å². The van der Waals surface area contributed by atoms with Gasteiger partial charge in [0.25, 0.3) is 0 Å². The van der Waals surface area contributed by atoms with Crippen LogP contribution in [0.3, 0.4) is 0 Å². The number of hydrogen-bond acceptors (Lipinski definition) is 11. The number of Topliss-reactive ketones (excluding diaryl/α,β-unsaturated/α-hetero) is 1. The largest absolute Gasteiger partial charge is 0.371 e. The number of piperidine rings is 4. The van der Waals surface area contributed by atoms with Gasteiger partial charge in [0, 0.05) is 110 Å². The third-order valence-electron chi connectivity index (χ3n) is 17.6. The second-order valence-electron chi connectivity index (χ2n) is 22.0. The predicted molar refractivity (Wildman–Crippen MR) is 274 cm³/mol. The van der Waals surface area contributed by atoms with Crippen molar-refractivity contribution in [2.45, 2.75) is 102 Å². The minimum atomic E-state index is -0.0219. The van der Waals surface area contributed by atoms with Gasteiger partial charge in [-0.3, -0.25) is 14.6 Å². The molecule has 13 nitrogen and oxygen atoms in total. The second kappa shape index (κ2) is 20.0. The Morgan fingerprint density at radius 3 is 1.40 bits per heavy atom. The first-order chi connectivity index (χ1) is 33.6. The van der Waals surface area contributed by atoms with E-state index in [0.29, 0.717) is 29.5 Å². The molecule has 6 fully saturated rings. The molecule has 0 aromatic carbocycles. The number of fused-ring (bicyclic) bond motifs is 6. The lowest BCUT2D eigenvalue weighted by Gasteiger charge is -2.46. The lowest BCUT2D eigenvalue weighted by molar-refractivity contribution is -0.133. The summed E-state index contributed by atoms with van der Waals surface area (Å²) in [7, 11) is 0. The standard InChI is InChI=1S/C55H74N12O/c68-53(49(66-25-5-7-41(37-66)35-62-21-1-2-22-62)31-39-13-27-64(28-14-39)47-11-19-56-45-33-60-54-43(51(45)47)9-17-58-54)50(67-26-6-8-42(38-67)36-63-23-3-4-24-63)32-40-15-29-65(30-16-40)48-12-20-57-46-34-61-55-44(52(46)48)10-18-59-55/h9-12,17-20,33-34,39-42,49-50,56-57H,1-8,13-16,21-32,35-38H2. The Morgan fingerprint density at radius 1 is 0.515 bits per heavy atom. The molecule has 0 saturated carbocycles. The molecule has 0 aliphatic carbocycles. The van der Waals surface area contributed by atoms with Crippen LogP contribution in [0.25, 0.3) is 43.9 Å². The predicted octanol–water partition coefficient (Wildman–Crippen LogP) is 8.37. The minimum Gasteiger partial charge on any atom is -0.371 e. The van der Waals surface area contributed by atoms with Crippen molar-refractivity contribution in [1.29, 1.82) is 0 Å². The van der Waals surface area contributed by atoms with E-state index in [-0.39, 0.29) is 12.1 Å². The van der Waals surface area contributed by atoms with Crippen molar-refractivity contribution in [3.05, 3.63) is 61.4 Å². The summed E-state index contributed by atoms with van der Waals surface area (Å²) in [5, 5.41) is 4.69. The van der Waals surface area contributed by atoms with Gasteiger partial charge in [0.2, 0.25) is 0 Å². The molecule has 6 aromatic heterocycles. The van der Waals surface area contributed by atoms with Crippen LogP contribution in [0.5, 0.6) is 0 Å². The van der Waals surface area contributed by atoms with E-state index in [9.17, 15) is 0 Å². The summed E-state index contributed by atoms with van der Waals surface area (Å²) in [6.07, 6.45) is 28.5. The SMILES string of the molecule is O=C(C(CC1CCN(c2cc[nH]c3cnc4nccc4c23)CC1)N1CCCC(CN2CCCC2)C1)C(CC1CCN(c2cc[nH]c3cnc4nccc4c23)CC1)N1CCCC(CN2CCCC2)C1. The number of hydrogen-bond donors (Lipinski definition) is 2. The summed E-state index contributed by atoms with van der Waals surface area (Å²) < 4.78 is 0. The molecule has 0 spiro atoms. The van der Waals surface area contributed by atoms with Crippen LogP contribution in [0.4, 0.5) is 11.4 Å². The van der Waals surface area contributed by atoms with E-state index in [1.165, 1.54) is 113 Å². The zero-order chi connectivity index (χ0) is 45.4. The maximum Gasteiger partial charge on any atom is 0.167 e. The molecular weight excluding hydrogens is 845 g/mol. The van der Waals surface area contributed by atoms with Crippen LogP contribution in [0.2, 0.25) is 0 Å². The van der Waals surface area contributed by atoms with Crippen molar-refractivity contribution in [2.75, 3.05) is 101 Å². The minimum absolute atomic E-state index is 0.0219. The fourth-order valence-corrected chi connectivity index (χ4v) is 14.1. The maximum absolute atomic E-state index is 16.2. The van der Waals surface area contributed by atoms with Crippen molar-refractivity contribution in [3.63, 3.8) is 0 Å². The molecule has 4 atom stereocenters. The molecule has 0 radical (unpaired) electrons. The van der Waals surface area contributed by atoms with Crippen LogP contribution < -0.4 is 9.80 Å². The van der Waals surface area contributed by atoms with E-state index < -0.39 is 0 Å². The number of aromatic amines is 2. The first-order valence-corrected chi connectivity index (χ1v) is 27.0. The van der Waals surface area contributed by atoms with Crippen LogP contribution in [0.1, 0.15) is 89.9 Å². The second-order valence-corrected chi connectivity index (χ2v) is 22.0. The highest BCUT2D eigenvalue weighted by molar-refractivity contribution is 6.11. The molecule has 12 heterocycles. The molecule has 2 N–H and O–H groups in total. The van der Waals surface area contributed by atoms with E-state index in [2.05, 4.69) is 96.0 Å². The fourth-order valence-electron chi connectivity index (χ4n) is 14.1. The number of nitrogens with zero attached hydrogens (tertiary/aromatic N) is 10. The Balaban J connectivity index is 0.805. The van der Waals surface area contributed by atoms with Crippen molar-refractivity contribution in [3.8, 4) is 0 Å². The smallest absolute Gasteiger partial charge is 0.167 e. The number of aromatic nitrogens is 6. The Bertz CT molecular complexity index is 2470. The molecule has 13 heteroatoms. The van der Waals surface area contributed by atoms with Gasteiger partial charge in [-0.15, -0.1) is 0 Å². The summed E-state index contributed by atoms with van der Waals surface area (Å²) >= 11 is 0. The number of likely N-dealkylation sites (tertiary alicyclic amines) is 4. The molecule has 6 saturated heterocycles. The quantitative estimate of drug-likeness (QED) is 0.110. The van der Waals surface area contributed by atoms with Crippen LogP contribution in [0.15, 0.2) is 61.4 Å². The molecule has 6 aliphatic rings. The summed E-state index contributed by atoms with van der Waals surface area (Å²) in [6.45, 7) is 15.7. The zero-order valence-corrected chi connectivity index (χ0v) is 40.4. The van der Waals surface area contributed by atoms with Gasteiger partial charge < -0.3 is 29.6 Å². The third-order valence-corrected chi connectivity index (χ3v) is 17.6. The molecule has 68 heavy (non-hydrogen) atoms. The van der Waals surface area contributed by atoms with Gasteiger partial charge in [-0.05, 0) is 177 Å². The first kappa shape index (κ1) is 44.5. The Labute approximate surface area is 402 Å². The number of nitrogens with one attached hydrogen (secondary N) is 2. The number of carbonyl (C=O) groups excluding carboxylic acids is 1. The van der Waals surface area contributed by atoms with Crippen molar-refractivity contribution in [2.24, 2.45) is 23.7 Å². The number of H-pyrrole nitrogens is 2. The van der Waals surface area contributed by atoms with Crippen molar-refractivity contribution in [1.82, 2.24) is 49.5 Å². The number of ketones is 1. The number of carbonyl (C=O) groups is 1. The van der Waals surface area contributed by atoms with Gasteiger partial charge in [0.1, 0.15) is 0 Å². The normalized spacial score (nSPS) is 24.6. The van der Waals surface area contributed by atoms with E-state index in [0.717, 1.165) is 124 Å². The molecule has 6 aromatic rings. The van der Waals surface area contributed by atoms with E-state index in [4.69, 9.17) is 0 Å². The Kier molecular flexibility index (Phi) is 13.1. The highest BCUT2D eigenvalue weighted by Crippen LogP contribution is 2.39. The Hall–Kier alpha value is -4.69. The Morgan fingerprint density at radius 2 is 0.956 bits per heavy atom. The summed E-state index contributed by atoms with van der Waals surface area (Å²) in [5.74, 6) is 2.90. The first-order valence-electron chi connectivity index (χ1n) is 27.0. The van der Waals surface area contributed by atoms with Gasteiger partial charge in [-0.2, -0.15) is 0 Å². The van der Waals surface area contributed by atoms with Gasteiger partial charge in [0.15, 0.2) is 17.1 Å². The van der Waals surface area contributed by atoms with E-state index in [1.807, 2.05) is 24.8 Å². The van der Waals surface area contributed by atoms with Crippen molar-refractivity contribution < 1.29 is 4.79 Å². The number of anilines is 2. The van der Waals surface area contributed by atoms with E-state index >= 15 is 4.79 Å². The van der Waals surface area contributed by atoms with Crippen LogP contribution in [-0.2, 0) is 4.79 Å². The molecule has 360 valence electrons. The highest BCUT2D eigenvalue weighted by Gasteiger charge is 2.42. The van der Waals surface area contributed by atoms with Crippen LogP contribution in [-0.4, -0.2) is 159 Å². The molecule has 6 aliphatic heterocycles.